The van der Waals surface area contributed by atoms with E-state index in [-0.39, 0.29) is 0 Å². The van der Waals surface area contributed by atoms with Crippen LogP contribution in [-0.4, -0.2) is 38.1 Å². The van der Waals surface area contributed by atoms with Gasteiger partial charge in [0, 0.05) is 6.04 Å². The SMILES string of the molecule is CC(C)CC(C)N.CN(C)CCCN. The van der Waals surface area contributed by atoms with E-state index >= 15 is 0 Å². The van der Waals surface area contributed by atoms with Crippen molar-refractivity contribution in [1.29, 1.82) is 0 Å². The Morgan fingerprint density at radius 2 is 1.64 bits per heavy atom. The molecular formula is C11H29N3. The van der Waals surface area contributed by atoms with Crippen molar-refractivity contribution in [2.45, 2.75) is 39.7 Å². The molecule has 0 amide bonds. The first-order valence-electron chi connectivity index (χ1n) is 5.50. The molecule has 0 spiro atoms. The van der Waals surface area contributed by atoms with Crippen LogP contribution in [0.2, 0.25) is 0 Å². The maximum Gasteiger partial charge on any atom is 0.00129 e. The highest BCUT2D eigenvalue weighted by Crippen LogP contribution is 2.00. The largest absolute Gasteiger partial charge is 0.330 e. The van der Waals surface area contributed by atoms with Crippen LogP contribution in [0.4, 0.5) is 0 Å². The van der Waals surface area contributed by atoms with Gasteiger partial charge in [-0.2, -0.15) is 0 Å². The molecule has 1 atom stereocenters. The van der Waals surface area contributed by atoms with Gasteiger partial charge < -0.3 is 16.4 Å². The highest BCUT2D eigenvalue weighted by Gasteiger charge is 1.95. The second kappa shape index (κ2) is 11.0. The summed E-state index contributed by atoms with van der Waals surface area (Å²) in [5, 5.41) is 0. The molecule has 1 unspecified atom stereocenters. The van der Waals surface area contributed by atoms with Gasteiger partial charge in [0.1, 0.15) is 0 Å². The molecule has 4 N–H and O–H groups in total. The van der Waals surface area contributed by atoms with Gasteiger partial charge in [-0.15, -0.1) is 0 Å². The van der Waals surface area contributed by atoms with E-state index in [1.165, 1.54) is 0 Å². The van der Waals surface area contributed by atoms with E-state index in [2.05, 4.69) is 32.8 Å². The number of nitrogens with zero attached hydrogens (tertiary/aromatic N) is 1. The second-order valence-electron chi connectivity index (χ2n) is 4.55. The lowest BCUT2D eigenvalue weighted by atomic mass is 10.1. The fourth-order valence-electron chi connectivity index (χ4n) is 1.15. The first kappa shape index (κ1) is 16.3. The van der Waals surface area contributed by atoms with Crippen molar-refractivity contribution in [2.24, 2.45) is 17.4 Å². The van der Waals surface area contributed by atoms with E-state index in [1.807, 2.05) is 6.92 Å². The molecule has 0 aromatic heterocycles. The fraction of sp³-hybridized carbons (Fsp3) is 1.00. The Hall–Kier alpha value is -0.120. The van der Waals surface area contributed by atoms with Crippen LogP contribution in [0, 0.1) is 5.92 Å². The summed E-state index contributed by atoms with van der Waals surface area (Å²) < 4.78 is 0. The number of hydrogen-bond donors (Lipinski definition) is 2. The summed E-state index contributed by atoms with van der Waals surface area (Å²) in [6.07, 6.45) is 2.24. The van der Waals surface area contributed by atoms with E-state index in [9.17, 15) is 0 Å². The van der Waals surface area contributed by atoms with E-state index in [0.717, 1.165) is 31.8 Å². The highest BCUT2D eigenvalue weighted by atomic mass is 15.0. The normalized spacial score (nSPS) is 12.6. The van der Waals surface area contributed by atoms with Crippen molar-refractivity contribution in [1.82, 2.24) is 4.90 Å². The van der Waals surface area contributed by atoms with Crippen LogP contribution in [0.3, 0.4) is 0 Å². The zero-order chi connectivity index (χ0) is 11.6. The maximum absolute atomic E-state index is 5.49. The minimum atomic E-state index is 0.375. The quantitative estimate of drug-likeness (QED) is 0.707. The molecule has 0 radical (unpaired) electrons. The van der Waals surface area contributed by atoms with Crippen LogP contribution in [-0.2, 0) is 0 Å². The Bertz CT molecular complexity index is 94.7. The Morgan fingerprint density at radius 1 is 1.14 bits per heavy atom. The lowest BCUT2D eigenvalue weighted by Gasteiger charge is -2.05. The van der Waals surface area contributed by atoms with Gasteiger partial charge in [-0.05, 0) is 52.9 Å². The van der Waals surface area contributed by atoms with Gasteiger partial charge in [0.2, 0.25) is 0 Å². The van der Waals surface area contributed by atoms with Gasteiger partial charge in [-0.25, -0.2) is 0 Å². The van der Waals surface area contributed by atoms with Crippen molar-refractivity contribution in [3.8, 4) is 0 Å². The van der Waals surface area contributed by atoms with Crippen LogP contribution in [0.25, 0.3) is 0 Å². The molecule has 3 nitrogen and oxygen atoms in total. The van der Waals surface area contributed by atoms with Gasteiger partial charge in [0.15, 0.2) is 0 Å². The first-order valence-corrected chi connectivity index (χ1v) is 5.50. The molecule has 88 valence electrons. The first-order chi connectivity index (χ1) is 6.40. The standard InChI is InChI=1S/C6H15N.C5H14N2/c1-5(2)4-6(3)7;1-7(2)5-3-4-6/h5-6H,4,7H2,1-3H3;3-6H2,1-2H3. The Kier molecular flexibility index (Phi) is 12.8. The molecule has 0 bridgehead atoms. The summed E-state index contributed by atoms with van der Waals surface area (Å²) in [6, 6.07) is 0.375. The average Bonchev–Trinajstić information content (AvgIpc) is 1.99. The van der Waals surface area contributed by atoms with E-state index in [4.69, 9.17) is 11.5 Å². The van der Waals surface area contributed by atoms with E-state index < -0.39 is 0 Å². The molecule has 0 aromatic rings. The summed E-state index contributed by atoms with van der Waals surface area (Å²) in [5.74, 6) is 0.750. The van der Waals surface area contributed by atoms with Crippen molar-refractivity contribution < 1.29 is 0 Å². The van der Waals surface area contributed by atoms with Gasteiger partial charge in [0.05, 0.1) is 0 Å². The lowest BCUT2D eigenvalue weighted by molar-refractivity contribution is 0.403. The molecule has 3 heteroatoms. The van der Waals surface area contributed by atoms with Crippen LogP contribution in [0.15, 0.2) is 0 Å². The zero-order valence-corrected chi connectivity index (χ0v) is 10.6. The van der Waals surface area contributed by atoms with Crippen molar-refractivity contribution in [3.63, 3.8) is 0 Å². The highest BCUT2D eigenvalue weighted by molar-refractivity contribution is 4.54. The van der Waals surface area contributed by atoms with Crippen LogP contribution < -0.4 is 11.5 Å². The molecule has 0 saturated heterocycles. The summed E-state index contributed by atoms with van der Waals surface area (Å²) in [4.78, 5) is 2.13. The van der Waals surface area contributed by atoms with Gasteiger partial charge in [-0.1, -0.05) is 13.8 Å². The summed E-state index contributed by atoms with van der Waals surface area (Å²) in [6.45, 7) is 8.32. The summed E-state index contributed by atoms with van der Waals surface area (Å²) in [5.41, 5.74) is 10.7. The molecule has 0 fully saturated rings. The number of hydrogen-bond acceptors (Lipinski definition) is 3. The molecule has 14 heavy (non-hydrogen) atoms. The predicted octanol–water partition coefficient (Wildman–Crippen LogP) is 1.28. The maximum atomic E-state index is 5.49. The minimum absolute atomic E-state index is 0.375. The van der Waals surface area contributed by atoms with Gasteiger partial charge >= 0.3 is 0 Å². The summed E-state index contributed by atoms with van der Waals surface area (Å²) >= 11 is 0. The molecule has 0 saturated carbocycles. The third-order valence-electron chi connectivity index (χ3n) is 1.65. The Balaban J connectivity index is 0. The lowest BCUT2D eigenvalue weighted by Crippen LogP contribution is -2.16. The van der Waals surface area contributed by atoms with Crippen LogP contribution in [0.1, 0.15) is 33.6 Å². The van der Waals surface area contributed by atoms with Crippen molar-refractivity contribution in [2.75, 3.05) is 27.2 Å². The number of nitrogens with two attached hydrogens (primary N) is 2. The number of rotatable bonds is 5. The molecule has 0 aromatic carbocycles. The molecule has 0 aliphatic carbocycles. The predicted molar refractivity (Wildman–Crippen MR) is 65.3 cm³/mol. The monoisotopic (exact) mass is 203 g/mol. The van der Waals surface area contributed by atoms with Gasteiger partial charge in [0.25, 0.3) is 0 Å². The Labute approximate surface area is 89.8 Å². The van der Waals surface area contributed by atoms with Crippen LogP contribution in [0.5, 0.6) is 0 Å². The van der Waals surface area contributed by atoms with Crippen LogP contribution >= 0.6 is 0 Å². The zero-order valence-electron chi connectivity index (χ0n) is 10.6. The third kappa shape index (κ3) is 22.6. The average molecular weight is 203 g/mol. The molecule has 0 heterocycles. The van der Waals surface area contributed by atoms with Gasteiger partial charge in [-0.3, -0.25) is 0 Å². The fourth-order valence-corrected chi connectivity index (χ4v) is 1.15. The smallest absolute Gasteiger partial charge is 0.00129 e. The topological polar surface area (TPSA) is 55.3 Å². The minimum Gasteiger partial charge on any atom is -0.330 e. The Morgan fingerprint density at radius 3 is 1.71 bits per heavy atom. The van der Waals surface area contributed by atoms with Crippen molar-refractivity contribution in [3.05, 3.63) is 0 Å². The third-order valence-corrected chi connectivity index (χ3v) is 1.65. The van der Waals surface area contributed by atoms with Crippen molar-refractivity contribution >= 4 is 0 Å². The van der Waals surface area contributed by atoms with E-state index in [1.54, 1.807) is 0 Å². The second-order valence-corrected chi connectivity index (χ2v) is 4.55. The summed E-state index contributed by atoms with van der Waals surface area (Å²) in [7, 11) is 4.10. The molecule has 0 aliphatic heterocycles. The van der Waals surface area contributed by atoms with E-state index in [0.29, 0.717) is 6.04 Å². The molecular weight excluding hydrogens is 174 g/mol. The molecule has 0 rings (SSSR count). The molecule has 0 aliphatic rings.